The molecule has 1 N–H and O–H groups in total. The molecule has 0 heterocycles. The van der Waals surface area contributed by atoms with Crippen molar-refractivity contribution in [1.29, 1.82) is 0 Å². The van der Waals surface area contributed by atoms with Crippen LogP contribution in [0, 0.1) is 0 Å². The summed E-state index contributed by atoms with van der Waals surface area (Å²) in [4.78, 5) is 3.52. The maximum Gasteiger partial charge on any atom is 0.412 e. The standard InChI is InChI=1S/C12H19F3N2O/c1-5-17-10(3)8-18-11(16-4)7-6-9(2)12(13,14)15/h6-7,10,17H,4-5,8H2,1-3H3/b9-6+,11-7+/t10-/m0/s1. The fourth-order valence-corrected chi connectivity index (χ4v) is 1.06. The third-order valence-corrected chi connectivity index (χ3v) is 2.11. The van der Waals surface area contributed by atoms with Gasteiger partial charge in [0.1, 0.15) is 6.61 Å². The number of ether oxygens (including phenoxy) is 1. The zero-order valence-corrected chi connectivity index (χ0v) is 10.8. The van der Waals surface area contributed by atoms with Crippen LogP contribution in [0.25, 0.3) is 0 Å². The van der Waals surface area contributed by atoms with E-state index in [1.54, 1.807) is 0 Å². The molecule has 0 saturated heterocycles. The summed E-state index contributed by atoms with van der Waals surface area (Å²) in [6, 6.07) is 0.0906. The van der Waals surface area contributed by atoms with Gasteiger partial charge in [0.2, 0.25) is 5.88 Å². The highest BCUT2D eigenvalue weighted by Gasteiger charge is 2.29. The van der Waals surface area contributed by atoms with Crippen molar-refractivity contribution in [1.82, 2.24) is 5.32 Å². The first-order valence-electron chi connectivity index (χ1n) is 5.60. The summed E-state index contributed by atoms with van der Waals surface area (Å²) in [5, 5.41) is 3.10. The molecule has 0 rings (SSSR count). The van der Waals surface area contributed by atoms with Gasteiger partial charge in [-0.2, -0.15) is 13.2 Å². The van der Waals surface area contributed by atoms with Crippen LogP contribution in [0.1, 0.15) is 20.8 Å². The monoisotopic (exact) mass is 264 g/mol. The summed E-state index contributed by atoms with van der Waals surface area (Å²) in [5.74, 6) is 0.0725. The van der Waals surface area contributed by atoms with Crippen molar-refractivity contribution in [3.05, 3.63) is 23.6 Å². The second-order valence-corrected chi connectivity index (χ2v) is 3.78. The van der Waals surface area contributed by atoms with Gasteiger partial charge in [0, 0.05) is 17.7 Å². The van der Waals surface area contributed by atoms with E-state index in [9.17, 15) is 13.2 Å². The lowest BCUT2D eigenvalue weighted by atomic mass is 10.3. The minimum atomic E-state index is -4.33. The molecule has 0 aromatic rings. The molecule has 1 atom stereocenters. The Bertz CT molecular complexity index is 322. The third kappa shape index (κ3) is 7.11. The van der Waals surface area contributed by atoms with Crippen molar-refractivity contribution in [3.8, 4) is 0 Å². The van der Waals surface area contributed by atoms with Gasteiger partial charge >= 0.3 is 6.18 Å². The maximum atomic E-state index is 12.2. The van der Waals surface area contributed by atoms with E-state index in [0.29, 0.717) is 6.61 Å². The number of halogens is 3. The Labute approximate surface area is 105 Å². The SMILES string of the molecule is C=N/C(=C\C=C(/C)C(F)(F)F)OC[C@H](C)NCC. The van der Waals surface area contributed by atoms with Crippen LogP contribution in [0.5, 0.6) is 0 Å². The van der Waals surface area contributed by atoms with Gasteiger partial charge in [-0.3, -0.25) is 0 Å². The Balaban J connectivity index is 4.46. The number of nitrogens with zero attached hydrogens (tertiary/aromatic N) is 1. The Hall–Kier alpha value is -1.30. The molecule has 0 aliphatic heterocycles. The Morgan fingerprint density at radius 3 is 2.50 bits per heavy atom. The van der Waals surface area contributed by atoms with Crippen molar-refractivity contribution in [2.45, 2.75) is 33.0 Å². The van der Waals surface area contributed by atoms with Crippen LogP contribution < -0.4 is 5.32 Å². The van der Waals surface area contributed by atoms with E-state index in [1.807, 2.05) is 13.8 Å². The van der Waals surface area contributed by atoms with Crippen LogP contribution in [0.4, 0.5) is 13.2 Å². The number of nitrogens with one attached hydrogen (secondary N) is 1. The first kappa shape index (κ1) is 16.7. The number of hydrogen-bond acceptors (Lipinski definition) is 3. The lowest BCUT2D eigenvalue weighted by Crippen LogP contribution is -2.29. The summed E-state index contributed by atoms with van der Waals surface area (Å²) in [6.45, 7) is 9.20. The summed E-state index contributed by atoms with van der Waals surface area (Å²) >= 11 is 0. The first-order chi connectivity index (χ1) is 8.31. The lowest BCUT2D eigenvalue weighted by molar-refractivity contribution is -0.0913. The van der Waals surface area contributed by atoms with E-state index in [4.69, 9.17) is 4.74 Å². The van der Waals surface area contributed by atoms with Gasteiger partial charge in [0.25, 0.3) is 0 Å². The maximum absolute atomic E-state index is 12.2. The Kier molecular flexibility index (Phi) is 7.35. The van der Waals surface area contributed by atoms with Crippen molar-refractivity contribution in [2.24, 2.45) is 4.99 Å². The Morgan fingerprint density at radius 2 is 2.06 bits per heavy atom. The minimum absolute atomic E-state index is 0.0725. The summed E-state index contributed by atoms with van der Waals surface area (Å²) in [6.07, 6.45) is -2.25. The average molecular weight is 264 g/mol. The van der Waals surface area contributed by atoms with E-state index >= 15 is 0 Å². The average Bonchev–Trinajstić information content (AvgIpc) is 2.28. The van der Waals surface area contributed by atoms with Gasteiger partial charge < -0.3 is 10.1 Å². The van der Waals surface area contributed by atoms with E-state index in [-0.39, 0.29) is 11.9 Å². The van der Waals surface area contributed by atoms with E-state index in [2.05, 4.69) is 17.0 Å². The van der Waals surface area contributed by atoms with Crippen LogP contribution in [0.2, 0.25) is 0 Å². The molecule has 3 nitrogen and oxygen atoms in total. The number of allylic oxidation sites excluding steroid dienone is 3. The molecule has 18 heavy (non-hydrogen) atoms. The van der Waals surface area contributed by atoms with Crippen molar-refractivity contribution in [2.75, 3.05) is 13.2 Å². The molecular weight excluding hydrogens is 245 g/mol. The van der Waals surface area contributed by atoms with Gasteiger partial charge in [-0.15, -0.1) is 0 Å². The zero-order valence-electron chi connectivity index (χ0n) is 10.8. The van der Waals surface area contributed by atoms with Crippen LogP contribution >= 0.6 is 0 Å². The molecule has 0 bridgehead atoms. The van der Waals surface area contributed by atoms with Crippen LogP contribution in [-0.2, 0) is 4.74 Å². The third-order valence-electron chi connectivity index (χ3n) is 2.11. The van der Waals surface area contributed by atoms with Gasteiger partial charge in [0.15, 0.2) is 0 Å². The molecule has 0 aliphatic carbocycles. The summed E-state index contributed by atoms with van der Waals surface area (Å²) in [5.41, 5.74) is -0.716. The predicted octanol–water partition coefficient (Wildman–Crippen LogP) is 3.05. The number of rotatable bonds is 7. The van der Waals surface area contributed by atoms with Crippen LogP contribution in [0.3, 0.4) is 0 Å². The van der Waals surface area contributed by atoms with Gasteiger partial charge in [-0.1, -0.05) is 6.92 Å². The zero-order chi connectivity index (χ0) is 14.2. The van der Waals surface area contributed by atoms with Crippen LogP contribution in [-0.4, -0.2) is 32.1 Å². The van der Waals surface area contributed by atoms with Gasteiger partial charge in [-0.05, 0) is 33.2 Å². The quantitative estimate of drug-likeness (QED) is 0.435. The lowest BCUT2D eigenvalue weighted by Gasteiger charge is -2.13. The second-order valence-electron chi connectivity index (χ2n) is 3.78. The largest absolute Gasteiger partial charge is 0.476 e. The number of hydrogen-bond donors (Lipinski definition) is 1. The summed E-state index contributed by atoms with van der Waals surface area (Å²) < 4.78 is 41.9. The normalized spacial score (nSPS) is 15.4. The fourth-order valence-electron chi connectivity index (χ4n) is 1.06. The molecule has 0 spiro atoms. The van der Waals surface area contributed by atoms with E-state index in [1.165, 1.54) is 0 Å². The molecule has 0 unspecified atom stereocenters. The molecular formula is C12H19F3N2O. The van der Waals surface area contributed by atoms with Gasteiger partial charge in [0.05, 0.1) is 0 Å². The number of aliphatic imine (C=N–C) groups is 1. The molecule has 0 fully saturated rings. The highest BCUT2D eigenvalue weighted by Crippen LogP contribution is 2.24. The number of alkyl halides is 3. The Morgan fingerprint density at radius 1 is 1.44 bits per heavy atom. The van der Waals surface area contributed by atoms with E-state index < -0.39 is 11.7 Å². The second kappa shape index (κ2) is 7.92. The molecule has 0 radical (unpaired) electrons. The first-order valence-corrected chi connectivity index (χ1v) is 5.60. The highest BCUT2D eigenvalue weighted by molar-refractivity contribution is 5.29. The van der Waals surface area contributed by atoms with Gasteiger partial charge in [-0.25, -0.2) is 4.99 Å². The highest BCUT2D eigenvalue weighted by atomic mass is 19.4. The van der Waals surface area contributed by atoms with Crippen molar-refractivity contribution < 1.29 is 17.9 Å². The smallest absolute Gasteiger partial charge is 0.412 e. The molecule has 104 valence electrons. The minimum Gasteiger partial charge on any atom is -0.476 e. The topological polar surface area (TPSA) is 33.6 Å². The van der Waals surface area contributed by atoms with Crippen molar-refractivity contribution in [3.63, 3.8) is 0 Å². The fraction of sp³-hybridized carbons (Fsp3) is 0.583. The van der Waals surface area contributed by atoms with E-state index in [0.717, 1.165) is 25.6 Å². The molecule has 0 aromatic carbocycles. The molecule has 0 aromatic heterocycles. The van der Waals surface area contributed by atoms with Crippen molar-refractivity contribution >= 4 is 6.72 Å². The molecule has 0 saturated carbocycles. The molecule has 0 aliphatic rings. The summed E-state index contributed by atoms with van der Waals surface area (Å²) in [7, 11) is 0. The molecule has 0 amide bonds. The predicted molar refractivity (Wildman–Crippen MR) is 66.5 cm³/mol. The van der Waals surface area contributed by atoms with Crippen LogP contribution in [0.15, 0.2) is 28.6 Å². The number of likely N-dealkylation sites (N-methyl/N-ethyl adjacent to an activating group) is 1. The molecule has 6 heteroatoms.